The van der Waals surface area contributed by atoms with Crippen molar-refractivity contribution in [1.82, 2.24) is 24.5 Å². The van der Waals surface area contributed by atoms with Crippen LogP contribution in [0, 0.1) is 0 Å². The Kier molecular flexibility index (Phi) is 3.94. The van der Waals surface area contributed by atoms with Gasteiger partial charge in [0.15, 0.2) is 0 Å². The van der Waals surface area contributed by atoms with E-state index in [1.165, 1.54) is 0 Å². The number of rotatable bonds is 5. The first-order chi connectivity index (χ1) is 9.15. The van der Waals surface area contributed by atoms with Crippen LogP contribution in [0.2, 0.25) is 0 Å². The molecule has 2 aromatic heterocycles. The van der Waals surface area contributed by atoms with Gasteiger partial charge in [-0.3, -0.25) is 4.57 Å². The molecule has 0 saturated carbocycles. The Morgan fingerprint density at radius 1 is 1.37 bits per heavy atom. The lowest BCUT2D eigenvalue weighted by Gasteiger charge is -2.24. The van der Waals surface area contributed by atoms with Gasteiger partial charge >= 0.3 is 0 Å². The molecule has 0 saturated heterocycles. The van der Waals surface area contributed by atoms with Gasteiger partial charge in [-0.25, -0.2) is 4.98 Å². The van der Waals surface area contributed by atoms with Crippen molar-refractivity contribution in [3.63, 3.8) is 0 Å². The highest BCUT2D eigenvalue weighted by Gasteiger charge is 2.14. The van der Waals surface area contributed by atoms with Crippen molar-refractivity contribution in [3.05, 3.63) is 18.7 Å². The van der Waals surface area contributed by atoms with E-state index < -0.39 is 0 Å². The van der Waals surface area contributed by atoms with Crippen molar-refractivity contribution in [2.75, 3.05) is 24.3 Å². The summed E-state index contributed by atoms with van der Waals surface area (Å²) in [6, 6.07) is 0.364. The number of anilines is 2. The predicted octanol–water partition coefficient (Wildman–Crippen LogP) is 1.33. The van der Waals surface area contributed by atoms with Gasteiger partial charge in [-0.15, -0.1) is 0 Å². The lowest BCUT2D eigenvalue weighted by molar-refractivity contribution is 0.645. The van der Waals surface area contributed by atoms with Crippen LogP contribution in [0.15, 0.2) is 18.7 Å². The van der Waals surface area contributed by atoms with E-state index in [1.54, 1.807) is 24.1 Å². The maximum absolute atomic E-state index is 4.48. The first-order valence-electron chi connectivity index (χ1n) is 6.30. The van der Waals surface area contributed by atoms with Gasteiger partial charge < -0.3 is 10.2 Å². The van der Waals surface area contributed by atoms with Crippen LogP contribution in [0.25, 0.3) is 5.95 Å². The molecule has 0 aliphatic rings. The van der Waals surface area contributed by atoms with Crippen LogP contribution in [-0.4, -0.2) is 44.6 Å². The fourth-order valence-corrected chi connectivity index (χ4v) is 1.59. The lowest BCUT2D eigenvalue weighted by atomic mass is 10.2. The van der Waals surface area contributed by atoms with Crippen LogP contribution in [0.1, 0.15) is 20.3 Å². The highest BCUT2D eigenvalue weighted by atomic mass is 15.3. The largest absolute Gasteiger partial charge is 0.357 e. The van der Waals surface area contributed by atoms with E-state index in [-0.39, 0.29) is 0 Å². The topological polar surface area (TPSA) is 71.8 Å². The quantitative estimate of drug-likeness (QED) is 0.875. The average Bonchev–Trinajstić information content (AvgIpc) is 2.99. The fourth-order valence-electron chi connectivity index (χ4n) is 1.59. The van der Waals surface area contributed by atoms with Crippen LogP contribution in [-0.2, 0) is 0 Å². The highest BCUT2D eigenvalue weighted by molar-refractivity contribution is 5.39. The van der Waals surface area contributed by atoms with E-state index in [4.69, 9.17) is 0 Å². The molecule has 0 amide bonds. The van der Waals surface area contributed by atoms with Crippen LogP contribution in [0.4, 0.5) is 11.9 Å². The molecule has 102 valence electrons. The van der Waals surface area contributed by atoms with E-state index in [1.807, 2.05) is 18.1 Å². The molecule has 1 unspecified atom stereocenters. The van der Waals surface area contributed by atoms with Crippen molar-refractivity contribution in [2.24, 2.45) is 0 Å². The maximum Gasteiger partial charge on any atom is 0.241 e. The number of hydrogen-bond acceptors (Lipinski definition) is 6. The van der Waals surface area contributed by atoms with Gasteiger partial charge in [0.05, 0.1) is 0 Å². The molecule has 2 heterocycles. The summed E-state index contributed by atoms with van der Waals surface area (Å²) in [5.74, 6) is 1.75. The van der Waals surface area contributed by atoms with E-state index in [0.29, 0.717) is 23.9 Å². The molecule has 0 aliphatic heterocycles. The second-order valence-electron chi connectivity index (χ2n) is 4.35. The summed E-state index contributed by atoms with van der Waals surface area (Å²) >= 11 is 0. The zero-order valence-electron chi connectivity index (χ0n) is 11.7. The minimum Gasteiger partial charge on any atom is -0.357 e. The molecule has 7 nitrogen and oxygen atoms in total. The van der Waals surface area contributed by atoms with Gasteiger partial charge in [0.1, 0.15) is 6.33 Å². The van der Waals surface area contributed by atoms with Gasteiger partial charge in [0.2, 0.25) is 17.8 Å². The third kappa shape index (κ3) is 2.81. The number of aromatic nitrogens is 5. The van der Waals surface area contributed by atoms with Crippen molar-refractivity contribution in [1.29, 1.82) is 0 Å². The first-order valence-corrected chi connectivity index (χ1v) is 6.30. The van der Waals surface area contributed by atoms with Gasteiger partial charge in [0, 0.05) is 32.5 Å². The normalized spacial score (nSPS) is 12.2. The molecule has 0 bridgehead atoms. The smallest absolute Gasteiger partial charge is 0.241 e. The molecule has 0 fully saturated rings. The summed E-state index contributed by atoms with van der Waals surface area (Å²) in [5.41, 5.74) is 0. The van der Waals surface area contributed by atoms with E-state index in [0.717, 1.165) is 6.42 Å². The number of nitrogens with zero attached hydrogens (tertiary/aromatic N) is 6. The van der Waals surface area contributed by atoms with E-state index >= 15 is 0 Å². The molecule has 2 aromatic rings. The second kappa shape index (κ2) is 5.64. The third-order valence-electron chi connectivity index (χ3n) is 3.14. The molecule has 1 N–H and O–H groups in total. The Morgan fingerprint density at radius 2 is 2.16 bits per heavy atom. The van der Waals surface area contributed by atoms with E-state index in [9.17, 15) is 0 Å². The van der Waals surface area contributed by atoms with Gasteiger partial charge in [-0.1, -0.05) is 6.92 Å². The van der Waals surface area contributed by atoms with Crippen molar-refractivity contribution in [3.8, 4) is 5.95 Å². The van der Waals surface area contributed by atoms with Crippen LogP contribution >= 0.6 is 0 Å². The zero-order valence-corrected chi connectivity index (χ0v) is 11.7. The molecular formula is C12H19N7. The Bertz CT molecular complexity index is 523. The molecular weight excluding hydrogens is 242 g/mol. The van der Waals surface area contributed by atoms with Gasteiger partial charge in [0.25, 0.3) is 0 Å². The molecule has 19 heavy (non-hydrogen) atoms. The van der Waals surface area contributed by atoms with E-state index in [2.05, 4.69) is 39.1 Å². The Labute approximate surface area is 112 Å². The fraction of sp³-hybridized carbons (Fsp3) is 0.500. The van der Waals surface area contributed by atoms with Crippen LogP contribution in [0.5, 0.6) is 0 Å². The Hall–Kier alpha value is -2.18. The minimum absolute atomic E-state index is 0.364. The number of nitrogens with one attached hydrogen (secondary N) is 1. The molecule has 0 radical (unpaired) electrons. The van der Waals surface area contributed by atoms with Gasteiger partial charge in [-0.2, -0.15) is 15.0 Å². The molecule has 1 atom stereocenters. The van der Waals surface area contributed by atoms with Crippen molar-refractivity contribution >= 4 is 11.9 Å². The summed E-state index contributed by atoms with van der Waals surface area (Å²) in [7, 11) is 3.78. The minimum atomic E-state index is 0.364. The predicted molar refractivity (Wildman–Crippen MR) is 74.7 cm³/mol. The standard InChI is InChI=1S/C12H19N7/c1-5-9(2)18(4)11-15-10(13-3)16-12(17-11)19-7-6-14-8-19/h6-9H,5H2,1-4H3,(H,13,15,16,17). The molecule has 7 heteroatoms. The summed E-state index contributed by atoms with van der Waals surface area (Å²) in [5, 5.41) is 2.96. The number of hydrogen-bond donors (Lipinski definition) is 1. The lowest BCUT2D eigenvalue weighted by Crippen LogP contribution is -2.30. The SMILES string of the molecule is CCC(C)N(C)c1nc(NC)nc(-n2ccnc2)n1. The summed E-state index contributed by atoms with van der Waals surface area (Å²) in [4.78, 5) is 19.2. The van der Waals surface area contributed by atoms with Gasteiger partial charge in [-0.05, 0) is 13.3 Å². The molecule has 2 rings (SSSR count). The molecule has 0 aromatic carbocycles. The second-order valence-corrected chi connectivity index (χ2v) is 4.35. The Morgan fingerprint density at radius 3 is 2.74 bits per heavy atom. The average molecular weight is 261 g/mol. The van der Waals surface area contributed by atoms with Crippen LogP contribution in [0.3, 0.4) is 0 Å². The summed E-state index contributed by atoms with van der Waals surface area (Å²) in [6.45, 7) is 4.28. The monoisotopic (exact) mass is 261 g/mol. The summed E-state index contributed by atoms with van der Waals surface area (Å²) < 4.78 is 1.76. The first kappa shape index (κ1) is 13.3. The zero-order chi connectivity index (χ0) is 13.8. The molecule has 0 spiro atoms. The third-order valence-corrected chi connectivity index (χ3v) is 3.14. The number of imidazole rings is 1. The summed E-state index contributed by atoms with van der Waals surface area (Å²) in [6.07, 6.45) is 6.20. The Balaban J connectivity index is 2.42. The van der Waals surface area contributed by atoms with Crippen molar-refractivity contribution in [2.45, 2.75) is 26.3 Å². The van der Waals surface area contributed by atoms with Crippen LogP contribution < -0.4 is 10.2 Å². The molecule has 0 aliphatic carbocycles. The maximum atomic E-state index is 4.48. The van der Waals surface area contributed by atoms with Crippen molar-refractivity contribution < 1.29 is 0 Å². The highest BCUT2D eigenvalue weighted by Crippen LogP contribution is 2.15.